The van der Waals surface area contributed by atoms with Crippen molar-refractivity contribution < 1.29 is 14.3 Å². The maximum absolute atomic E-state index is 11.5. The van der Waals surface area contributed by atoms with Gasteiger partial charge in [-0.25, -0.2) is 9.48 Å². The molecule has 0 aliphatic carbocycles. The minimum Gasteiger partial charge on any atom is -0.444 e. The van der Waals surface area contributed by atoms with E-state index in [1.54, 1.807) is 20.8 Å². The molecule has 7 nitrogen and oxygen atoms in total. The number of alkyl carbamates (subject to hydrolysis) is 1. The molecule has 1 rings (SSSR count). The highest BCUT2D eigenvalue weighted by Gasteiger charge is 2.17. The molecule has 0 aliphatic rings. The standard InChI is InChI=1S/C11H18N4O3/c1-8(12-10(17)18-11(2,3)4)5-15-6-9(7-16)13-14-15/h6-8H,5H2,1-4H3,(H,12,17)/t8-/m0/s1. The number of nitrogens with one attached hydrogen (secondary N) is 1. The third-order valence-corrected chi connectivity index (χ3v) is 1.90. The van der Waals surface area contributed by atoms with Crippen molar-refractivity contribution in [2.75, 3.05) is 0 Å². The van der Waals surface area contributed by atoms with E-state index in [0.717, 1.165) is 0 Å². The van der Waals surface area contributed by atoms with Crippen molar-refractivity contribution in [3.05, 3.63) is 11.9 Å². The number of aromatic nitrogens is 3. The second-order valence-electron chi connectivity index (χ2n) is 5.03. The second kappa shape index (κ2) is 5.61. The Labute approximate surface area is 105 Å². The Balaban J connectivity index is 2.44. The predicted molar refractivity (Wildman–Crippen MR) is 64.2 cm³/mol. The van der Waals surface area contributed by atoms with Crippen molar-refractivity contribution >= 4 is 12.4 Å². The maximum atomic E-state index is 11.5. The molecule has 1 aromatic rings. The number of hydrogen-bond acceptors (Lipinski definition) is 5. The van der Waals surface area contributed by atoms with Crippen LogP contribution in [0.4, 0.5) is 4.79 Å². The van der Waals surface area contributed by atoms with Crippen molar-refractivity contribution in [2.45, 2.75) is 45.9 Å². The SMILES string of the molecule is C[C@@H](Cn1cc(C=O)nn1)NC(=O)OC(C)(C)C. The highest BCUT2D eigenvalue weighted by molar-refractivity contribution is 5.70. The number of carbonyl (C=O) groups is 2. The smallest absolute Gasteiger partial charge is 0.407 e. The molecule has 18 heavy (non-hydrogen) atoms. The first kappa shape index (κ1) is 14.1. The van der Waals surface area contributed by atoms with Gasteiger partial charge in [0.25, 0.3) is 0 Å². The van der Waals surface area contributed by atoms with Gasteiger partial charge in [-0.05, 0) is 27.7 Å². The van der Waals surface area contributed by atoms with Gasteiger partial charge in [-0.15, -0.1) is 5.10 Å². The van der Waals surface area contributed by atoms with Gasteiger partial charge in [0, 0.05) is 6.04 Å². The fraction of sp³-hybridized carbons (Fsp3) is 0.636. The molecular weight excluding hydrogens is 236 g/mol. The number of aldehydes is 1. The molecule has 0 spiro atoms. The molecule has 0 bridgehead atoms. The van der Waals surface area contributed by atoms with Gasteiger partial charge in [-0.3, -0.25) is 4.79 Å². The van der Waals surface area contributed by atoms with Crippen molar-refractivity contribution in [1.29, 1.82) is 0 Å². The van der Waals surface area contributed by atoms with Crippen molar-refractivity contribution in [2.24, 2.45) is 0 Å². The van der Waals surface area contributed by atoms with Crippen LogP contribution in [0, 0.1) is 0 Å². The molecule has 0 aromatic carbocycles. The lowest BCUT2D eigenvalue weighted by molar-refractivity contribution is 0.0503. The third-order valence-electron chi connectivity index (χ3n) is 1.90. The zero-order chi connectivity index (χ0) is 13.8. The summed E-state index contributed by atoms with van der Waals surface area (Å²) < 4.78 is 6.61. The highest BCUT2D eigenvalue weighted by Crippen LogP contribution is 2.06. The Hall–Kier alpha value is -1.92. The fourth-order valence-corrected chi connectivity index (χ4v) is 1.29. The summed E-state index contributed by atoms with van der Waals surface area (Å²) >= 11 is 0. The maximum Gasteiger partial charge on any atom is 0.407 e. The van der Waals surface area contributed by atoms with Gasteiger partial charge >= 0.3 is 6.09 Å². The van der Waals surface area contributed by atoms with Crippen LogP contribution in [-0.2, 0) is 11.3 Å². The number of rotatable bonds is 4. The van der Waals surface area contributed by atoms with Gasteiger partial charge in [0.1, 0.15) is 11.3 Å². The molecule has 1 N–H and O–H groups in total. The summed E-state index contributed by atoms with van der Waals surface area (Å²) in [6, 6.07) is -0.180. The molecule has 1 amide bonds. The van der Waals surface area contributed by atoms with E-state index in [-0.39, 0.29) is 11.7 Å². The lowest BCUT2D eigenvalue weighted by Crippen LogP contribution is -2.39. The van der Waals surface area contributed by atoms with Gasteiger partial charge < -0.3 is 10.1 Å². The second-order valence-corrected chi connectivity index (χ2v) is 5.03. The van der Waals surface area contributed by atoms with E-state index in [1.165, 1.54) is 10.9 Å². The molecule has 0 aliphatic heterocycles. The number of carbonyl (C=O) groups excluding carboxylic acids is 2. The lowest BCUT2D eigenvalue weighted by Gasteiger charge is -2.21. The van der Waals surface area contributed by atoms with Crippen LogP contribution in [0.15, 0.2) is 6.20 Å². The van der Waals surface area contributed by atoms with Crippen LogP contribution in [-0.4, -0.2) is 39.0 Å². The van der Waals surface area contributed by atoms with E-state index < -0.39 is 11.7 Å². The first-order chi connectivity index (χ1) is 8.30. The Bertz CT molecular complexity index is 422. The van der Waals surface area contributed by atoms with Gasteiger partial charge in [0.15, 0.2) is 6.29 Å². The van der Waals surface area contributed by atoms with Crippen molar-refractivity contribution in [1.82, 2.24) is 20.3 Å². The summed E-state index contributed by atoms with van der Waals surface area (Å²) in [5, 5.41) is 10.1. The first-order valence-electron chi connectivity index (χ1n) is 5.65. The van der Waals surface area contributed by atoms with Crippen LogP contribution in [0.3, 0.4) is 0 Å². The van der Waals surface area contributed by atoms with Crippen LogP contribution in [0.2, 0.25) is 0 Å². The predicted octanol–water partition coefficient (Wildman–Crippen LogP) is 1.00. The molecule has 0 saturated heterocycles. The molecule has 1 aromatic heterocycles. The largest absolute Gasteiger partial charge is 0.444 e. The Kier molecular flexibility index (Phi) is 4.41. The molecule has 0 radical (unpaired) electrons. The van der Waals surface area contributed by atoms with Crippen molar-refractivity contribution in [3.63, 3.8) is 0 Å². The fourth-order valence-electron chi connectivity index (χ4n) is 1.29. The molecule has 1 heterocycles. The Morgan fingerprint density at radius 3 is 2.78 bits per heavy atom. The number of nitrogens with zero attached hydrogens (tertiary/aromatic N) is 3. The molecule has 0 saturated carbocycles. The average molecular weight is 254 g/mol. The Morgan fingerprint density at radius 2 is 2.28 bits per heavy atom. The van der Waals surface area contributed by atoms with E-state index in [4.69, 9.17) is 4.74 Å². The molecule has 100 valence electrons. The molecular formula is C11H18N4O3. The number of amides is 1. The van der Waals surface area contributed by atoms with E-state index in [1.807, 2.05) is 6.92 Å². The van der Waals surface area contributed by atoms with Gasteiger partial charge in [-0.2, -0.15) is 0 Å². The lowest BCUT2D eigenvalue weighted by atomic mass is 10.2. The monoisotopic (exact) mass is 254 g/mol. The topological polar surface area (TPSA) is 86.1 Å². The summed E-state index contributed by atoms with van der Waals surface area (Å²) in [6.45, 7) is 7.62. The van der Waals surface area contributed by atoms with E-state index in [9.17, 15) is 9.59 Å². The van der Waals surface area contributed by atoms with Crippen LogP contribution in [0.1, 0.15) is 38.2 Å². The average Bonchev–Trinajstić information content (AvgIpc) is 2.61. The highest BCUT2D eigenvalue weighted by atomic mass is 16.6. The third kappa shape index (κ3) is 4.94. The summed E-state index contributed by atoms with van der Waals surface area (Å²) in [4.78, 5) is 21.9. The molecule has 0 unspecified atom stereocenters. The van der Waals surface area contributed by atoms with Gasteiger partial charge in [0.05, 0.1) is 12.7 Å². The zero-order valence-electron chi connectivity index (χ0n) is 11.0. The minimum absolute atomic E-state index is 0.180. The number of hydrogen-bond donors (Lipinski definition) is 1. The van der Waals surface area contributed by atoms with E-state index >= 15 is 0 Å². The van der Waals surface area contributed by atoms with E-state index in [0.29, 0.717) is 12.8 Å². The molecule has 0 fully saturated rings. The van der Waals surface area contributed by atoms with Crippen LogP contribution < -0.4 is 5.32 Å². The van der Waals surface area contributed by atoms with E-state index in [2.05, 4.69) is 15.6 Å². The minimum atomic E-state index is -0.526. The van der Waals surface area contributed by atoms with Crippen molar-refractivity contribution in [3.8, 4) is 0 Å². The summed E-state index contributed by atoms with van der Waals surface area (Å²) in [5.41, 5.74) is -0.263. The Morgan fingerprint density at radius 1 is 1.61 bits per heavy atom. The van der Waals surface area contributed by atoms with Crippen LogP contribution in [0.25, 0.3) is 0 Å². The van der Waals surface area contributed by atoms with Crippen LogP contribution in [0.5, 0.6) is 0 Å². The zero-order valence-corrected chi connectivity index (χ0v) is 11.0. The van der Waals surface area contributed by atoms with Gasteiger partial charge in [-0.1, -0.05) is 5.21 Å². The number of ether oxygens (including phenoxy) is 1. The quantitative estimate of drug-likeness (QED) is 0.810. The molecule has 7 heteroatoms. The first-order valence-corrected chi connectivity index (χ1v) is 5.65. The summed E-state index contributed by atoms with van der Waals surface area (Å²) in [5.74, 6) is 0. The molecule has 1 atom stereocenters. The summed E-state index contributed by atoms with van der Waals surface area (Å²) in [7, 11) is 0. The van der Waals surface area contributed by atoms with Crippen LogP contribution >= 0.6 is 0 Å². The van der Waals surface area contributed by atoms with Gasteiger partial charge in [0.2, 0.25) is 0 Å². The summed E-state index contributed by atoms with van der Waals surface area (Å²) in [6.07, 6.45) is 1.65. The normalized spacial score (nSPS) is 12.9.